The zero-order valence-corrected chi connectivity index (χ0v) is 6.99. The fourth-order valence-electron chi connectivity index (χ4n) is 1.15. The summed E-state index contributed by atoms with van der Waals surface area (Å²) in [5.74, 6) is -0.130. The molecule has 12 heavy (non-hydrogen) atoms. The van der Waals surface area contributed by atoms with Crippen molar-refractivity contribution in [3.8, 4) is 0 Å². The van der Waals surface area contributed by atoms with E-state index in [1.54, 1.807) is 11.9 Å². The quantitative estimate of drug-likeness (QED) is 0.551. The van der Waals surface area contributed by atoms with Gasteiger partial charge in [-0.3, -0.25) is 9.69 Å². The lowest BCUT2D eigenvalue weighted by molar-refractivity contribution is -0.129. The second-order valence-electron chi connectivity index (χ2n) is 2.87. The maximum Gasteiger partial charge on any atom is 0.407 e. The summed E-state index contributed by atoms with van der Waals surface area (Å²) in [6, 6.07) is 0. The molecule has 5 nitrogen and oxygen atoms in total. The van der Waals surface area contributed by atoms with E-state index in [-0.39, 0.29) is 12.5 Å². The monoisotopic (exact) mass is 172 g/mol. The third-order valence-electron chi connectivity index (χ3n) is 1.94. The van der Waals surface area contributed by atoms with Crippen LogP contribution in [0, 0.1) is 0 Å². The van der Waals surface area contributed by atoms with Crippen molar-refractivity contribution in [2.75, 3.05) is 26.7 Å². The molecular formula is C7H12N2O3. The van der Waals surface area contributed by atoms with Gasteiger partial charge in [-0.05, 0) is 6.42 Å². The first-order valence-electron chi connectivity index (χ1n) is 3.83. The molecule has 0 unspecified atom stereocenters. The van der Waals surface area contributed by atoms with Crippen molar-refractivity contribution in [1.82, 2.24) is 9.80 Å². The van der Waals surface area contributed by atoms with Crippen molar-refractivity contribution in [2.45, 2.75) is 6.42 Å². The van der Waals surface area contributed by atoms with Gasteiger partial charge in [-0.1, -0.05) is 0 Å². The minimum absolute atomic E-state index is 0.00810. The van der Waals surface area contributed by atoms with Gasteiger partial charge in [0.05, 0.1) is 0 Å². The van der Waals surface area contributed by atoms with Gasteiger partial charge >= 0.3 is 6.09 Å². The Hall–Kier alpha value is -1.26. The number of carbonyl (C=O) groups is 2. The van der Waals surface area contributed by atoms with Gasteiger partial charge < -0.3 is 10.0 Å². The van der Waals surface area contributed by atoms with E-state index in [4.69, 9.17) is 5.11 Å². The lowest BCUT2D eigenvalue weighted by Gasteiger charge is -2.15. The van der Waals surface area contributed by atoms with Crippen LogP contribution in [0.1, 0.15) is 6.42 Å². The van der Waals surface area contributed by atoms with Crippen molar-refractivity contribution in [2.24, 2.45) is 0 Å². The van der Waals surface area contributed by atoms with E-state index in [0.29, 0.717) is 19.5 Å². The summed E-state index contributed by atoms with van der Waals surface area (Å²) in [6.07, 6.45) is -0.298. The summed E-state index contributed by atoms with van der Waals surface area (Å²) in [5, 5.41) is 8.62. The second-order valence-corrected chi connectivity index (χ2v) is 2.87. The van der Waals surface area contributed by atoms with Crippen LogP contribution in [0.5, 0.6) is 0 Å². The van der Waals surface area contributed by atoms with Crippen LogP contribution in [0.2, 0.25) is 0 Å². The average molecular weight is 172 g/mol. The SMILES string of the molecule is CN1CCCN(C(=O)O)CC1=O. The molecule has 0 radical (unpaired) electrons. The van der Waals surface area contributed by atoms with Crippen LogP contribution in [-0.4, -0.2) is 53.6 Å². The van der Waals surface area contributed by atoms with E-state index in [1.807, 2.05) is 0 Å². The van der Waals surface area contributed by atoms with Gasteiger partial charge in [0.15, 0.2) is 0 Å². The van der Waals surface area contributed by atoms with Gasteiger partial charge in [-0.2, -0.15) is 0 Å². The van der Waals surface area contributed by atoms with Gasteiger partial charge in [-0.15, -0.1) is 0 Å². The number of carbonyl (C=O) groups excluding carboxylic acids is 1. The molecule has 1 fully saturated rings. The number of nitrogens with zero attached hydrogens (tertiary/aromatic N) is 2. The number of hydrogen-bond donors (Lipinski definition) is 1. The van der Waals surface area contributed by atoms with Crippen LogP contribution in [0.15, 0.2) is 0 Å². The van der Waals surface area contributed by atoms with E-state index in [2.05, 4.69) is 0 Å². The van der Waals surface area contributed by atoms with Crippen LogP contribution in [0.4, 0.5) is 4.79 Å². The summed E-state index contributed by atoms with van der Waals surface area (Å²) < 4.78 is 0. The number of likely N-dealkylation sites (N-methyl/N-ethyl adjacent to an activating group) is 1. The lowest BCUT2D eigenvalue weighted by Crippen LogP contribution is -2.37. The molecule has 0 bridgehead atoms. The smallest absolute Gasteiger partial charge is 0.407 e. The summed E-state index contributed by atoms with van der Waals surface area (Å²) in [4.78, 5) is 24.4. The molecule has 68 valence electrons. The molecule has 0 aromatic rings. The molecule has 1 heterocycles. The highest BCUT2D eigenvalue weighted by atomic mass is 16.4. The standard InChI is InChI=1S/C7H12N2O3/c1-8-3-2-4-9(7(11)12)5-6(8)10/h2-5H2,1H3,(H,11,12). The van der Waals surface area contributed by atoms with Gasteiger partial charge in [-0.25, -0.2) is 4.79 Å². The van der Waals surface area contributed by atoms with Gasteiger partial charge in [0.1, 0.15) is 6.54 Å². The van der Waals surface area contributed by atoms with Crippen LogP contribution in [-0.2, 0) is 4.79 Å². The summed E-state index contributed by atoms with van der Waals surface area (Å²) in [5.41, 5.74) is 0. The Morgan fingerprint density at radius 2 is 2.17 bits per heavy atom. The van der Waals surface area contributed by atoms with E-state index in [1.165, 1.54) is 0 Å². The largest absolute Gasteiger partial charge is 0.465 e. The molecular weight excluding hydrogens is 160 g/mol. The Bertz CT molecular complexity index is 205. The molecule has 5 heteroatoms. The van der Waals surface area contributed by atoms with Crippen LogP contribution < -0.4 is 0 Å². The third-order valence-corrected chi connectivity index (χ3v) is 1.94. The summed E-state index contributed by atoms with van der Waals surface area (Å²) >= 11 is 0. The molecule has 0 atom stereocenters. The molecule has 0 aromatic carbocycles. The van der Waals surface area contributed by atoms with Gasteiger partial charge in [0.2, 0.25) is 5.91 Å². The highest BCUT2D eigenvalue weighted by molar-refractivity contribution is 5.82. The first-order valence-corrected chi connectivity index (χ1v) is 3.83. The molecule has 2 amide bonds. The number of carboxylic acid groups (broad SMARTS) is 1. The first-order chi connectivity index (χ1) is 5.61. The molecule has 0 aromatic heterocycles. The first kappa shape index (κ1) is 8.83. The van der Waals surface area contributed by atoms with Crippen LogP contribution >= 0.6 is 0 Å². The maximum atomic E-state index is 11.1. The van der Waals surface area contributed by atoms with Gasteiger partial charge in [0, 0.05) is 20.1 Å². The Morgan fingerprint density at radius 3 is 2.75 bits per heavy atom. The minimum atomic E-state index is -1.02. The van der Waals surface area contributed by atoms with E-state index in [9.17, 15) is 9.59 Å². The van der Waals surface area contributed by atoms with Crippen molar-refractivity contribution >= 4 is 12.0 Å². The second kappa shape index (κ2) is 3.42. The van der Waals surface area contributed by atoms with Crippen molar-refractivity contribution in [3.63, 3.8) is 0 Å². The summed E-state index contributed by atoms with van der Waals surface area (Å²) in [6.45, 7) is 1.08. The zero-order chi connectivity index (χ0) is 9.14. The zero-order valence-electron chi connectivity index (χ0n) is 6.99. The summed E-state index contributed by atoms with van der Waals surface area (Å²) in [7, 11) is 1.69. The molecule has 1 saturated heterocycles. The Balaban J connectivity index is 2.60. The fraction of sp³-hybridized carbons (Fsp3) is 0.714. The molecule has 0 saturated carbocycles. The van der Waals surface area contributed by atoms with Crippen LogP contribution in [0.3, 0.4) is 0 Å². The fourth-order valence-corrected chi connectivity index (χ4v) is 1.15. The van der Waals surface area contributed by atoms with Gasteiger partial charge in [0.25, 0.3) is 0 Å². The third kappa shape index (κ3) is 1.87. The van der Waals surface area contributed by atoms with Crippen molar-refractivity contribution in [1.29, 1.82) is 0 Å². The lowest BCUT2D eigenvalue weighted by atomic mass is 10.4. The van der Waals surface area contributed by atoms with Crippen LogP contribution in [0.25, 0.3) is 0 Å². The minimum Gasteiger partial charge on any atom is -0.465 e. The molecule has 1 rings (SSSR count). The molecule has 1 N–H and O–H groups in total. The average Bonchev–Trinajstić information content (AvgIpc) is 2.15. The predicted octanol–water partition coefficient (Wildman–Crippen LogP) is -0.172. The van der Waals surface area contributed by atoms with Crippen molar-refractivity contribution < 1.29 is 14.7 Å². The predicted molar refractivity (Wildman–Crippen MR) is 41.9 cm³/mol. The maximum absolute atomic E-state index is 11.1. The van der Waals surface area contributed by atoms with E-state index >= 15 is 0 Å². The Morgan fingerprint density at radius 1 is 1.50 bits per heavy atom. The molecule has 1 aliphatic heterocycles. The number of rotatable bonds is 0. The molecule has 0 spiro atoms. The number of hydrogen-bond acceptors (Lipinski definition) is 2. The topological polar surface area (TPSA) is 60.9 Å². The van der Waals surface area contributed by atoms with E-state index in [0.717, 1.165) is 4.90 Å². The van der Waals surface area contributed by atoms with Crippen molar-refractivity contribution in [3.05, 3.63) is 0 Å². The Kier molecular flexibility index (Phi) is 2.52. The highest BCUT2D eigenvalue weighted by Gasteiger charge is 2.21. The molecule has 1 aliphatic rings. The van der Waals surface area contributed by atoms with E-state index < -0.39 is 6.09 Å². The normalized spacial score (nSPS) is 19.2. The number of amides is 2. The highest BCUT2D eigenvalue weighted by Crippen LogP contribution is 2.01. The molecule has 0 aliphatic carbocycles. The Labute approximate surface area is 70.6 Å².